The Morgan fingerprint density at radius 2 is 1.76 bits per heavy atom. The lowest BCUT2D eigenvalue weighted by Crippen LogP contribution is -2.24. The number of benzene rings is 2. The third-order valence-electron chi connectivity index (χ3n) is 2.61. The first-order chi connectivity index (χ1) is 8.06. The third kappa shape index (κ3) is 1.97. The highest BCUT2D eigenvalue weighted by Crippen LogP contribution is 2.34. The summed E-state index contributed by atoms with van der Waals surface area (Å²) in [4.78, 5) is 0. The monoisotopic (exact) mass is 233 g/mol. The van der Waals surface area contributed by atoms with E-state index in [4.69, 9.17) is 5.26 Å². The molecule has 0 amide bonds. The second-order valence-electron chi connectivity index (χ2n) is 3.71. The van der Waals surface area contributed by atoms with E-state index in [2.05, 4.69) is 0 Å². The van der Waals surface area contributed by atoms with Crippen LogP contribution in [0.25, 0.3) is 10.8 Å². The number of rotatable bonds is 2. The quantitative estimate of drug-likeness (QED) is 0.866. The van der Waals surface area contributed by atoms with Crippen LogP contribution >= 0.6 is 0 Å². The Bertz CT molecular complexity index is 584. The molecule has 86 valence electrons. The van der Waals surface area contributed by atoms with Gasteiger partial charge in [0.1, 0.15) is 6.07 Å². The molecule has 0 bridgehead atoms. The van der Waals surface area contributed by atoms with Crippen molar-refractivity contribution in [2.24, 2.45) is 0 Å². The van der Waals surface area contributed by atoms with Crippen LogP contribution in [-0.4, -0.2) is 11.0 Å². The van der Waals surface area contributed by atoms with Gasteiger partial charge in [-0.25, -0.2) is 0 Å². The number of aliphatic hydroxyl groups excluding tert-OH is 1. The van der Waals surface area contributed by atoms with Crippen molar-refractivity contribution < 1.29 is 13.9 Å². The summed E-state index contributed by atoms with van der Waals surface area (Å²) in [6.45, 7) is 0. The first kappa shape index (κ1) is 11.5. The molecule has 17 heavy (non-hydrogen) atoms. The zero-order valence-electron chi connectivity index (χ0n) is 8.77. The van der Waals surface area contributed by atoms with Gasteiger partial charge in [0, 0.05) is 0 Å². The largest absolute Gasteiger partial charge is 0.381 e. The van der Waals surface area contributed by atoms with Gasteiger partial charge in [-0.3, -0.25) is 0 Å². The Kier molecular flexibility index (Phi) is 2.78. The maximum Gasteiger partial charge on any atom is 0.361 e. The molecule has 1 N–H and O–H groups in total. The van der Waals surface area contributed by atoms with Gasteiger partial charge in [0.15, 0.2) is 6.10 Å². The lowest BCUT2D eigenvalue weighted by molar-refractivity contribution is -0.0644. The minimum absolute atomic E-state index is 0.0645. The van der Waals surface area contributed by atoms with Crippen LogP contribution in [0.4, 0.5) is 8.78 Å². The predicted octanol–water partition coefficient (Wildman–Crippen LogP) is 3.03. The normalized spacial score (nSPS) is 13.3. The lowest BCUT2D eigenvalue weighted by atomic mass is 9.97. The highest BCUT2D eigenvalue weighted by molar-refractivity contribution is 5.86. The molecule has 4 heteroatoms. The molecule has 0 aliphatic rings. The molecule has 1 atom stereocenters. The molecule has 0 fully saturated rings. The predicted molar refractivity (Wildman–Crippen MR) is 59.5 cm³/mol. The zero-order chi connectivity index (χ0) is 12.5. The van der Waals surface area contributed by atoms with Gasteiger partial charge in [-0.15, -0.1) is 0 Å². The third-order valence-corrected chi connectivity index (χ3v) is 2.61. The maximum absolute atomic E-state index is 13.1. The molecule has 0 aromatic heterocycles. The van der Waals surface area contributed by atoms with Crippen molar-refractivity contribution in [2.75, 3.05) is 0 Å². The van der Waals surface area contributed by atoms with E-state index >= 15 is 0 Å². The number of hydrogen-bond acceptors (Lipinski definition) is 2. The highest BCUT2D eigenvalue weighted by Gasteiger charge is 2.40. The van der Waals surface area contributed by atoms with Crippen LogP contribution < -0.4 is 0 Å². The Morgan fingerprint density at radius 3 is 2.47 bits per heavy atom. The van der Waals surface area contributed by atoms with Gasteiger partial charge in [-0.2, -0.15) is 14.0 Å². The van der Waals surface area contributed by atoms with Crippen molar-refractivity contribution in [3.63, 3.8) is 0 Å². The van der Waals surface area contributed by atoms with E-state index in [1.54, 1.807) is 36.4 Å². The summed E-state index contributed by atoms with van der Waals surface area (Å²) < 4.78 is 26.3. The molecule has 0 heterocycles. The van der Waals surface area contributed by atoms with Crippen LogP contribution in [0.5, 0.6) is 0 Å². The van der Waals surface area contributed by atoms with Gasteiger partial charge < -0.3 is 5.11 Å². The van der Waals surface area contributed by atoms with Gasteiger partial charge in [-0.05, 0) is 16.3 Å². The molecular formula is C13H9F2NO. The van der Waals surface area contributed by atoms with Crippen LogP contribution in [0.2, 0.25) is 0 Å². The molecule has 2 aromatic carbocycles. The molecule has 0 aliphatic heterocycles. The fourth-order valence-corrected chi connectivity index (χ4v) is 1.75. The Labute approximate surface area is 96.7 Å². The van der Waals surface area contributed by atoms with E-state index in [-0.39, 0.29) is 5.56 Å². The van der Waals surface area contributed by atoms with Crippen LogP contribution in [0.15, 0.2) is 42.5 Å². The zero-order valence-corrected chi connectivity index (χ0v) is 8.77. The molecule has 2 rings (SSSR count). The second-order valence-corrected chi connectivity index (χ2v) is 3.71. The van der Waals surface area contributed by atoms with Crippen molar-refractivity contribution in [1.29, 1.82) is 5.26 Å². The van der Waals surface area contributed by atoms with E-state index in [1.165, 1.54) is 6.07 Å². The summed E-state index contributed by atoms with van der Waals surface area (Å²) in [6.07, 6.45) is -2.11. The lowest BCUT2D eigenvalue weighted by Gasteiger charge is -2.17. The van der Waals surface area contributed by atoms with Gasteiger partial charge in [0.25, 0.3) is 0 Å². The molecule has 1 unspecified atom stereocenters. The van der Waals surface area contributed by atoms with Crippen LogP contribution in [0, 0.1) is 11.3 Å². The van der Waals surface area contributed by atoms with E-state index in [0.717, 1.165) is 11.5 Å². The molecule has 0 radical (unpaired) electrons. The minimum Gasteiger partial charge on any atom is -0.381 e. The average molecular weight is 233 g/mol. The highest BCUT2D eigenvalue weighted by atomic mass is 19.3. The first-order valence-corrected chi connectivity index (χ1v) is 5.01. The average Bonchev–Trinajstić information content (AvgIpc) is 2.37. The van der Waals surface area contributed by atoms with Crippen molar-refractivity contribution in [3.05, 3.63) is 48.0 Å². The van der Waals surface area contributed by atoms with Gasteiger partial charge in [-0.1, -0.05) is 42.5 Å². The molecular weight excluding hydrogens is 224 g/mol. The topological polar surface area (TPSA) is 44.0 Å². The standard InChI is InChI=1S/C13H9F2NO/c14-13(15,8-16)12(17)11-7-3-5-9-4-1-2-6-10(9)11/h1-7,12,17H. The number of nitrogens with zero attached hydrogens (tertiary/aromatic N) is 1. The molecule has 2 aromatic rings. The summed E-state index contributed by atoms with van der Waals surface area (Å²) >= 11 is 0. The number of nitriles is 1. The van der Waals surface area contributed by atoms with Crippen LogP contribution in [-0.2, 0) is 0 Å². The number of hydrogen-bond donors (Lipinski definition) is 1. The van der Waals surface area contributed by atoms with E-state index in [1.807, 2.05) is 0 Å². The molecule has 0 aliphatic carbocycles. The summed E-state index contributed by atoms with van der Waals surface area (Å²) in [5, 5.41) is 19.2. The summed E-state index contributed by atoms with van der Waals surface area (Å²) in [7, 11) is 0. The second kappa shape index (κ2) is 4.11. The van der Waals surface area contributed by atoms with E-state index in [0.29, 0.717) is 5.39 Å². The van der Waals surface area contributed by atoms with E-state index in [9.17, 15) is 13.9 Å². The van der Waals surface area contributed by atoms with Crippen molar-refractivity contribution in [2.45, 2.75) is 12.0 Å². The summed E-state index contributed by atoms with van der Waals surface area (Å²) in [6, 6.07) is 12.4. The fourth-order valence-electron chi connectivity index (χ4n) is 1.75. The Balaban J connectivity index is 2.61. The smallest absolute Gasteiger partial charge is 0.361 e. The van der Waals surface area contributed by atoms with Gasteiger partial charge in [0.05, 0.1) is 0 Å². The number of halogens is 2. The van der Waals surface area contributed by atoms with Crippen molar-refractivity contribution in [1.82, 2.24) is 0 Å². The SMILES string of the molecule is N#CC(F)(F)C(O)c1cccc2ccccc12. The van der Waals surface area contributed by atoms with Gasteiger partial charge >= 0.3 is 5.92 Å². The fraction of sp³-hybridized carbons (Fsp3) is 0.154. The Morgan fingerprint density at radius 1 is 1.12 bits per heavy atom. The number of alkyl halides is 2. The van der Waals surface area contributed by atoms with Gasteiger partial charge in [0.2, 0.25) is 0 Å². The summed E-state index contributed by atoms with van der Waals surface area (Å²) in [5.41, 5.74) is 0.0645. The summed E-state index contributed by atoms with van der Waals surface area (Å²) in [5.74, 6) is -3.79. The molecule has 2 nitrogen and oxygen atoms in total. The van der Waals surface area contributed by atoms with Crippen LogP contribution in [0.1, 0.15) is 11.7 Å². The number of fused-ring (bicyclic) bond motifs is 1. The van der Waals surface area contributed by atoms with Crippen LogP contribution in [0.3, 0.4) is 0 Å². The Hall–Kier alpha value is -1.99. The van der Waals surface area contributed by atoms with E-state index < -0.39 is 12.0 Å². The number of aliphatic hydroxyl groups is 1. The molecule has 0 saturated heterocycles. The first-order valence-electron chi connectivity index (χ1n) is 5.01. The molecule has 0 saturated carbocycles. The molecule has 0 spiro atoms. The minimum atomic E-state index is -3.79. The maximum atomic E-state index is 13.1. The van der Waals surface area contributed by atoms with Crippen molar-refractivity contribution in [3.8, 4) is 6.07 Å². The van der Waals surface area contributed by atoms with Crippen molar-refractivity contribution >= 4 is 10.8 Å².